The van der Waals surface area contributed by atoms with Crippen LogP contribution in [0.5, 0.6) is 5.75 Å². The number of nitro groups is 1. The van der Waals surface area contributed by atoms with E-state index in [9.17, 15) is 23.7 Å². The smallest absolute Gasteiger partial charge is 0.387 e. The number of carbonyl (C=O) groups excluding carboxylic acids is 1. The molecule has 23 heavy (non-hydrogen) atoms. The number of alkyl halides is 2. The molecule has 2 rings (SSSR count). The SMILES string of the molecule is CC(NC(=O)c1[nH]ncc1[N+](=O)[O-])c1ccc(OC(F)F)cc1. The molecule has 2 aromatic rings. The number of ether oxygens (including phenoxy) is 1. The van der Waals surface area contributed by atoms with Crippen LogP contribution in [0.2, 0.25) is 0 Å². The number of aromatic amines is 1. The first-order valence-corrected chi connectivity index (χ1v) is 6.42. The maximum atomic E-state index is 12.1. The number of hydrogen-bond acceptors (Lipinski definition) is 5. The number of carbonyl (C=O) groups is 1. The lowest BCUT2D eigenvalue weighted by Crippen LogP contribution is -2.27. The number of rotatable bonds is 6. The molecular formula is C13H12F2N4O4. The van der Waals surface area contributed by atoms with Crippen LogP contribution >= 0.6 is 0 Å². The van der Waals surface area contributed by atoms with Gasteiger partial charge in [-0.15, -0.1) is 0 Å². The van der Waals surface area contributed by atoms with Crippen molar-refractivity contribution in [2.45, 2.75) is 19.6 Å². The Bertz CT molecular complexity index is 702. The zero-order valence-electron chi connectivity index (χ0n) is 11.8. The highest BCUT2D eigenvalue weighted by Crippen LogP contribution is 2.20. The van der Waals surface area contributed by atoms with E-state index in [1.165, 1.54) is 24.3 Å². The molecule has 0 saturated heterocycles. The van der Waals surface area contributed by atoms with Gasteiger partial charge in [-0.05, 0) is 24.6 Å². The van der Waals surface area contributed by atoms with Crippen molar-refractivity contribution in [2.24, 2.45) is 0 Å². The molecule has 0 aliphatic heterocycles. The minimum atomic E-state index is -2.92. The van der Waals surface area contributed by atoms with Crippen molar-refractivity contribution in [3.63, 3.8) is 0 Å². The lowest BCUT2D eigenvalue weighted by Gasteiger charge is -2.14. The molecule has 8 nitrogen and oxygen atoms in total. The summed E-state index contributed by atoms with van der Waals surface area (Å²) >= 11 is 0. The van der Waals surface area contributed by atoms with E-state index in [-0.39, 0.29) is 11.4 Å². The molecule has 122 valence electrons. The standard InChI is InChI=1S/C13H12F2N4O4/c1-7(8-2-4-9(5-3-8)23-13(14)15)17-12(20)11-10(19(21)22)6-16-18-11/h2-7,13H,1H3,(H,16,18)(H,17,20). The van der Waals surface area contributed by atoms with Crippen LogP contribution in [0.3, 0.4) is 0 Å². The van der Waals surface area contributed by atoms with E-state index in [1.54, 1.807) is 6.92 Å². The average Bonchev–Trinajstić information content (AvgIpc) is 2.97. The highest BCUT2D eigenvalue weighted by molar-refractivity contribution is 5.96. The summed E-state index contributed by atoms with van der Waals surface area (Å²) in [5, 5.41) is 19.0. The Hall–Kier alpha value is -3.04. The van der Waals surface area contributed by atoms with Gasteiger partial charge >= 0.3 is 12.3 Å². The molecule has 0 radical (unpaired) electrons. The Morgan fingerprint density at radius 2 is 2.04 bits per heavy atom. The maximum absolute atomic E-state index is 12.1. The van der Waals surface area contributed by atoms with Crippen molar-refractivity contribution >= 4 is 11.6 Å². The normalized spacial score (nSPS) is 12.0. The van der Waals surface area contributed by atoms with Crippen molar-refractivity contribution in [1.29, 1.82) is 0 Å². The Morgan fingerprint density at radius 3 is 2.61 bits per heavy atom. The first kappa shape index (κ1) is 16.3. The molecule has 0 aliphatic carbocycles. The summed E-state index contributed by atoms with van der Waals surface area (Å²) in [6, 6.07) is 5.17. The van der Waals surface area contributed by atoms with Crippen molar-refractivity contribution in [3.8, 4) is 5.75 Å². The number of nitrogens with one attached hydrogen (secondary N) is 2. The molecule has 1 unspecified atom stereocenters. The van der Waals surface area contributed by atoms with Crippen molar-refractivity contribution in [3.05, 3.63) is 51.8 Å². The summed E-state index contributed by atoms with van der Waals surface area (Å²) in [4.78, 5) is 22.1. The molecule has 0 spiro atoms. The van der Waals surface area contributed by atoms with E-state index in [0.717, 1.165) is 6.20 Å². The summed E-state index contributed by atoms with van der Waals surface area (Å²) in [6.45, 7) is -1.28. The Morgan fingerprint density at radius 1 is 1.39 bits per heavy atom. The van der Waals surface area contributed by atoms with Gasteiger partial charge in [0.25, 0.3) is 5.91 Å². The van der Waals surface area contributed by atoms with Crippen LogP contribution in [0, 0.1) is 10.1 Å². The van der Waals surface area contributed by atoms with Gasteiger partial charge in [-0.3, -0.25) is 20.0 Å². The molecule has 10 heteroatoms. The van der Waals surface area contributed by atoms with Crippen LogP contribution in [-0.4, -0.2) is 27.6 Å². The monoisotopic (exact) mass is 326 g/mol. The van der Waals surface area contributed by atoms with Gasteiger partial charge < -0.3 is 10.1 Å². The van der Waals surface area contributed by atoms with Crippen LogP contribution in [0.25, 0.3) is 0 Å². The van der Waals surface area contributed by atoms with Gasteiger partial charge in [0.15, 0.2) is 0 Å². The van der Waals surface area contributed by atoms with Gasteiger partial charge in [-0.25, -0.2) is 0 Å². The van der Waals surface area contributed by atoms with E-state index in [1.807, 2.05) is 0 Å². The quantitative estimate of drug-likeness (QED) is 0.625. The lowest BCUT2D eigenvalue weighted by atomic mass is 10.1. The summed E-state index contributed by atoms with van der Waals surface area (Å²) in [6.07, 6.45) is 0.941. The van der Waals surface area contributed by atoms with E-state index in [2.05, 4.69) is 20.3 Å². The number of halogens is 2. The number of benzene rings is 1. The molecule has 0 saturated carbocycles. The van der Waals surface area contributed by atoms with Crippen molar-refractivity contribution in [1.82, 2.24) is 15.5 Å². The van der Waals surface area contributed by atoms with Gasteiger partial charge in [-0.2, -0.15) is 13.9 Å². The van der Waals surface area contributed by atoms with Crippen LogP contribution in [0.15, 0.2) is 30.5 Å². The Labute approximate surface area is 128 Å². The van der Waals surface area contributed by atoms with Crippen LogP contribution in [0.1, 0.15) is 29.0 Å². The van der Waals surface area contributed by atoms with E-state index >= 15 is 0 Å². The van der Waals surface area contributed by atoms with E-state index in [0.29, 0.717) is 5.56 Å². The van der Waals surface area contributed by atoms with Gasteiger partial charge in [0.2, 0.25) is 5.69 Å². The maximum Gasteiger partial charge on any atom is 0.387 e. The third-order valence-corrected chi connectivity index (χ3v) is 3.00. The minimum Gasteiger partial charge on any atom is -0.435 e. The predicted octanol–water partition coefficient (Wildman–Crippen LogP) is 2.41. The minimum absolute atomic E-state index is 0.00789. The molecule has 1 aromatic heterocycles. The number of hydrogen-bond donors (Lipinski definition) is 2. The van der Waals surface area contributed by atoms with Gasteiger partial charge in [0.05, 0.1) is 11.0 Å². The third-order valence-electron chi connectivity index (χ3n) is 3.00. The molecule has 1 aromatic carbocycles. The van der Waals surface area contributed by atoms with Crippen LogP contribution in [0.4, 0.5) is 14.5 Å². The number of nitrogens with zero attached hydrogens (tertiary/aromatic N) is 2. The summed E-state index contributed by atoms with van der Waals surface area (Å²) in [7, 11) is 0. The zero-order valence-corrected chi connectivity index (χ0v) is 11.8. The second kappa shape index (κ2) is 6.81. The summed E-state index contributed by atoms with van der Waals surface area (Å²) in [5.41, 5.74) is -0.0861. The fourth-order valence-electron chi connectivity index (χ4n) is 1.88. The first-order chi connectivity index (χ1) is 10.9. The van der Waals surface area contributed by atoms with E-state index in [4.69, 9.17) is 0 Å². The summed E-state index contributed by atoms with van der Waals surface area (Å²) in [5.74, 6) is -0.707. The number of aromatic nitrogens is 2. The largest absolute Gasteiger partial charge is 0.435 e. The molecule has 0 aliphatic rings. The molecule has 2 N–H and O–H groups in total. The molecule has 0 fully saturated rings. The fraction of sp³-hybridized carbons (Fsp3) is 0.231. The first-order valence-electron chi connectivity index (χ1n) is 6.42. The van der Waals surface area contributed by atoms with Crippen molar-refractivity contribution in [2.75, 3.05) is 0 Å². The van der Waals surface area contributed by atoms with Gasteiger partial charge in [0, 0.05) is 0 Å². The van der Waals surface area contributed by atoms with Crippen LogP contribution in [-0.2, 0) is 0 Å². The van der Waals surface area contributed by atoms with Gasteiger partial charge in [-0.1, -0.05) is 12.1 Å². The molecular weight excluding hydrogens is 314 g/mol. The zero-order chi connectivity index (χ0) is 17.0. The molecule has 0 bridgehead atoms. The number of amides is 1. The Balaban J connectivity index is 2.06. The van der Waals surface area contributed by atoms with Crippen LogP contribution < -0.4 is 10.1 Å². The Kier molecular flexibility index (Phi) is 4.84. The second-order valence-electron chi connectivity index (χ2n) is 4.53. The van der Waals surface area contributed by atoms with Crippen molar-refractivity contribution < 1.29 is 23.2 Å². The van der Waals surface area contributed by atoms with Gasteiger partial charge in [0.1, 0.15) is 11.9 Å². The topological polar surface area (TPSA) is 110 Å². The highest BCUT2D eigenvalue weighted by atomic mass is 19.3. The third kappa shape index (κ3) is 3.99. The molecule has 1 amide bonds. The summed E-state index contributed by atoms with van der Waals surface area (Å²) < 4.78 is 28.4. The average molecular weight is 326 g/mol. The number of H-pyrrole nitrogens is 1. The lowest BCUT2D eigenvalue weighted by molar-refractivity contribution is -0.385. The molecule has 1 heterocycles. The highest BCUT2D eigenvalue weighted by Gasteiger charge is 2.24. The van der Waals surface area contributed by atoms with E-state index < -0.39 is 29.2 Å². The second-order valence-corrected chi connectivity index (χ2v) is 4.53. The fourth-order valence-corrected chi connectivity index (χ4v) is 1.88. The predicted molar refractivity (Wildman–Crippen MR) is 74.2 cm³/mol. The molecule has 1 atom stereocenters.